The van der Waals surface area contributed by atoms with Crippen LogP contribution < -0.4 is 4.74 Å². The molecule has 0 aromatic heterocycles. The van der Waals surface area contributed by atoms with Gasteiger partial charge in [0.1, 0.15) is 18.5 Å². The van der Waals surface area contributed by atoms with Crippen LogP contribution in [0.2, 0.25) is 18.1 Å². The third kappa shape index (κ3) is 10.1. The maximum absolute atomic E-state index is 12.6. The zero-order valence-electron chi connectivity index (χ0n) is 29.8. The maximum Gasteiger partial charge on any atom is 0.409 e. The highest BCUT2D eigenvalue weighted by molar-refractivity contribution is 6.73. The number of rotatable bonds is 18. The molecule has 2 aliphatic rings. The van der Waals surface area contributed by atoms with Crippen molar-refractivity contribution in [1.82, 2.24) is 4.90 Å². The second kappa shape index (κ2) is 18.1. The van der Waals surface area contributed by atoms with E-state index in [2.05, 4.69) is 39.8 Å². The van der Waals surface area contributed by atoms with Crippen molar-refractivity contribution in [2.24, 2.45) is 17.8 Å². The van der Waals surface area contributed by atoms with Crippen molar-refractivity contribution >= 4 is 20.4 Å². The number of carbonyl (C=O) groups excluding carboxylic acids is 2. The molecule has 0 aliphatic heterocycles. The maximum atomic E-state index is 12.6. The van der Waals surface area contributed by atoms with E-state index in [0.717, 1.165) is 87.2 Å². The Labute approximate surface area is 284 Å². The first-order valence-electron chi connectivity index (χ1n) is 18.2. The number of esters is 1. The minimum atomic E-state index is -1.83. The second-order valence-corrected chi connectivity index (χ2v) is 18.7. The Morgan fingerprint density at radius 1 is 0.915 bits per heavy atom. The monoisotopic (exact) mass is 665 g/mol. The fourth-order valence-corrected chi connectivity index (χ4v) is 10.7. The molecule has 0 spiro atoms. The van der Waals surface area contributed by atoms with Crippen molar-refractivity contribution in [3.05, 3.63) is 65.2 Å². The van der Waals surface area contributed by atoms with Crippen LogP contribution >= 0.6 is 0 Å². The summed E-state index contributed by atoms with van der Waals surface area (Å²) in [6.45, 7) is 9.28. The number of nitrogens with zero attached hydrogens (tertiary/aromatic N) is 1. The molecular formula is C39H59NO6Si. The minimum Gasteiger partial charge on any atom is -0.482 e. The third-order valence-corrected chi connectivity index (χ3v) is 15.5. The van der Waals surface area contributed by atoms with E-state index in [-0.39, 0.29) is 37.5 Å². The van der Waals surface area contributed by atoms with Gasteiger partial charge in [-0.3, -0.25) is 0 Å². The summed E-state index contributed by atoms with van der Waals surface area (Å²) >= 11 is 0. The summed E-state index contributed by atoms with van der Waals surface area (Å²) in [6.07, 6.45) is 9.03. The Morgan fingerprint density at radius 2 is 1.66 bits per heavy atom. The predicted molar refractivity (Wildman–Crippen MR) is 190 cm³/mol. The number of benzene rings is 2. The molecule has 1 fully saturated rings. The summed E-state index contributed by atoms with van der Waals surface area (Å²) in [5, 5.41) is 0. The summed E-state index contributed by atoms with van der Waals surface area (Å²) in [7, 11) is 1.68. The predicted octanol–water partition coefficient (Wildman–Crippen LogP) is 8.98. The van der Waals surface area contributed by atoms with Gasteiger partial charge in [-0.05, 0) is 104 Å². The SMILES string of the molecule is CCCCC[C@@H](CC[C@H]1C(O[Si](CC)(CC)CC)C[C@@H]2Cc3c(cccc3OCC(=O)OCc3ccccc3)C[C@@H]21)OC(=O)N(C)C. The number of fused-ring (bicyclic) bond motifs is 2. The van der Waals surface area contributed by atoms with Crippen LogP contribution in [0, 0.1) is 17.8 Å². The van der Waals surface area contributed by atoms with Crippen LogP contribution in [-0.2, 0) is 38.1 Å². The molecule has 0 heterocycles. The van der Waals surface area contributed by atoms with E-state index >= 15 is 0 Å². The molecular weight excluding hydrogens is 607 g/mol. The molecule has 0 saturated heterocycles. The first-order valence-corrected chi connectivity index (χ1v) is 20.7. The summed E-state index contributed by atoms with van der Waals surface area (Å²) in [5.41, 5.74) is 3.50. The van der Waals surface area contributed by atoms with Crippen molar-refractivity contribution in [2.75, 3.05) is 20.7 Å². The van der Waals surface area contributed by atoms with Gasteiger partial charge < -0.3 is 23.5 Å². The smallest absolute Gasteiger partial charge is 0.409 e. The molecule has 0 radical (unpaired) electrons. The molecule has 1 unspecified atom stereocenters. The molecule has 2 aromatic rings. The Balaban J connectivity index is 1.48. The minimum absolute atomic E-state index is 0.0702. The molecule has 8 heteroatoms. The van der Waals surface area contributed by atoms with Crippen LogP contribution in [0.4, 0.5) is 4.79 Å². The van der Waals surface area contributed by atoms with Crippen LogP contribution in [-0.4, -0.2) is 58.2 Å². The standard InChI is InChI=1S/C39H59NO6Si/c1-7-11-13-20-32(45-39(42)40(5)6)22-23-33-34-24-30-19-16-21-36(43-28-38(41)44-27-29-17-14-12-15-18-29)35(30)25-31(34)26-37(33)46-47(8-2,9-3)10-4/h12,14-19,21,31-34,37H,7-11,13,20,22-28H2,1-6H3/t31-,32-,33+,34-,37?/m0/s1. The van der Waals surface area contributed by atoms with Gasteiger partial charge in [-0.25, -0.2) is 9.59 Å². The largest absolute Gasteiger partial charge is 0.482 e. The van der Waals surface area contributed by atoms with Crippen molar-refractivity contribution in [2.45, 2.75) is 122 Å². The van der Waals surface area contributed by atoms with E-state index in [9.17, 15) is 9.59 Å². The fourth-order valence-electron chi connectivity index (χ4n) is 7.79. The number of ether oxygens (including phenoxy) is 3. The van der Waals surface area contributed by atoms with Crippen molar-refractivity contribution < 1.29 is 28.2 Å². The first kappa shape index (κ1) is 37.0. The Hall–Kier alpha value is -2.84. The quantitative estimate of drug-likeness (QED) is 0.0899. The Bertz CT molecular complexity index is 1260. The van der Waals surface area contributed by atoms with Gasteiger partial charge in [-0.1, -0.05) is 83.0 Å². The van der Waals surface area contributed by atoms with Gasteiger partial charge >= 0.3 is 12.1 Å². The van der Waals surface area contributed by atoms with E-state index in [4.69, 9.17) is 18.6 Å². The van der Waals surface area contributed by atoms with Gasteiger partial charge in [0.2, 0.25) is 0 Å². The van der Waals surface area contributed by atoms with Gasteiger partial charge in [0, 0.05) is 20.2 Å². The van der Waals surface area contributed by atoms with E-state index in [0.29, 0.717) is 17.8 Å². The molecule has 2 aliphatic carbocycles. The van der Waals surface area contributed by atoms with Crippen molar-refractivity contribution in [3.63, 3.8) is 0 Å². The highest BCUT2D eigenvalue weighted by Crippen LogP contribution is 2.50. The van der Waals surface area contributed by atoms with Crippen LogP contribution in [0.5, 0.6) is 5.75 Å². The summed E-state index contributed by atoms with van der Waals surface area (Å²) in [4.78, 5) is 26.7. The normalized spacial score (nSPS) is 21.0. The number of amides is 1. The molecule has 4 rings (SSSR count). The van der Waals surface area contributed by atoms with Crippen LogP contribution in [0.25, 0.3) is 0 Å². The molecule has 7 nitrogen and oxygen atoms in total. The molecule has 1 saturated carbocycles. The van der Waals surface area contributed by atoms with Gasteiger partial charge in [0.15, 0.2) is 14.9 Å². The average molecular weight is 666 g/mol. The van der Waals surface area contributed by atoms with Gasteiger partial charge in [0.05, 0.1) is 0 Å². The van der Waals surface area contributed by atoms with Gasteiger partial charge in [-0.15, -0.1) is 0 Å². The molecule has 47 heavy (non-hydrogen) atoms. The highest BCUT2D eigenvalue weighted by atomic mass is 28.4. The Kier molecular flexibility index (Phi) is 14.2. The fraction of sp³-hybridized carbons (Fsp3) is 0.641. The molecule has 2 aromatic carbocycles. The number of carbonyl (C=O) groups is 2. The second-order valence-electron chi connectivity index (χ2n) is 13.9. The molecule has 5 atom stereocenters. The van der Waals surface area contributed by atoms with Crippen molar-refractivity contribution in [3.8, 4) is 5.75 Å². The summed E-state index contributed by atoms with van der Waals surface area (Å²) < 4.78 is 24.9. The van der Waals surface area contributed by atoms with Gasteiger partial charge in [0.25, 0.3) is 0 Å². The zero-order chi connectivity index (χ0) is 33.8. The number of hydrogen-bond acceptors (Lipinski definition) is 6. The van der Waals surface area contributed by atoms with Crippen LogP contribution in [0.3, 0.4) is 0 Å². The topological polar surface area (TPSA) is 74.3 Å². The summed E-state index contributed by atoms with van der Waals surface area (Å²) in [6, 6.07) is 19.4. The van der Waals surface area contributed by atoms with Gasteiger partial charge in [-0.2, -0.15) is 0 Å². The molecule has 260 valence electrons. The average Bonchev–Trinajstić information content (AvgIpc) is 3.42. The Morgan fingerprint density at radius 3 is 2.34 bits per heavy atom. The first-order chi connectivity index (χ1) is 22.7. The lowest BCUT2D eigenvalue weighted by Crippen LogP contribution is -2.42. The van der Waals surface area contributed by atoms with E-state index < -0.39 is 8.32 Å². The number of unbranched alkanes of at least 4 members (excludes halogenated alkanes) is 2. The highest BCUT2D eigenvalue weighted by Gasteiger charge is 2.48. The molecule has 1 amide bonds. The summed E-state index contributed by atoms with van der Waals surface area (Å²) in [5.74, 6) is 1.86. The third-order valence-electron chi connectivity index (χ3n) is 10.8. The zero-order valence-corrected chi connectivity index (χ0v) is 30.8. The lowest BCUT2D eigenvalue weighted by Gasteiger charge is -2.36. The van der Waals surface area contributed by atoms with Crippen molar-refractivity contribution in [1.29, 1.82) is 0 Å². The van der Waals surface area contributed by atoms with Crippen LogP contribution in [0.15, 0.2) is 48.5 Å². The number of hydrogen-bond donors (Lipinski definition) is 0. The van der Waals surface area contributed by atoms with Crippen LogP contribution in [0.1, 0.15) is 89.3 Å². The lowest BCUT2D eigenvalue weighted by atomic mass is 9.73. The van der Waals surface area contributed by atoms with E-state index in [1.54, 1.807) is 14.1 Å². The van der Waals surface area contributed by atoms with E-state index in [1.165, 1.54) is 16.0 Å². The van der Waals surface area contributed by atoms with E-state index in [1.807, 2.05) is 36.4 Å². The lowest BCUT2D eigenvalue weighted by molar-refractivity contribution is -0.147. The molecule has 0 N–H and O–H groups in total. The molecule has 0 bridgehead atoms.